The quantitative estimate of drug-likeness (QED) is 0.585. The Labute approximate surface area is 167 Å². The molecule has 6 nitrogen and oxygen atoms in total. The highest BCUT2D eigenvalue weighted by Crippen LogP contribution is 2.37. The summed E-state index contributed by atoms with van der Waals surface area (Å²) in [6.07, 6.45) is -2.05. The molecule has 0 aromatic heterocycles. The van der Waals surface area contributed by atoms with Gasteiger partial charge in [0.15, 0.2) is 5.11 Å². The summed E-state index contributed by atoms with van der Waals surface area (Å²) in [5.74, 6) is -1.29. The van der Waals surface area contributed by atoms with Gasteiger partial charge in [-0.3, -0.25) is 4.79 Å². The smallest absolute Gasteiger partial charge is 0.229 e. The number of aliphatic hydroxyl groups is 2. The van der Waals surface area contributed by atoms with Gasteiger partial charge >= 0.3 is 0 Å². The van der Waals surface area contributed by atoms with Gasteiger partial charge in [-0.1, -0.05) is 18.2 Å². The third-order valence-corrected chi connectivity index (χ3v) is 5.64. The minimum atomic E-state index is -1.07. The molecule has 0 spiro atoms. The first-order valence-corrected chi connectivity index (χ1v) is 9.44. The lowest BCUT2D eigenvalue weighted by Crippen LogP contribution is -2.60. The van der Waals surface area contributed by atoms with E-state index in [4.69, 9.17) is 12.2 Å². The van der Waals surface area contributed by atoms with Gasteiger partial charge < -0.3 is 25.7 Å². The molecule has 1 aliphatic carbocycles. The molecule has 2 aliphatic rings. The Balaban J connectivity index is 1.67. The summed E-state index contributed by atoms with van der Waals surface area (Å²) in [6.45, 7) is 0. The van der Waals surface area contributed by atoms with Crippen molar-refractivity contribution < 1.29 is 19.4 Å². The van der Waals surface area contributed by atoms with Crippen molar-refractivity contribution in [3.8, 4) is 0 Å². The van der Waals surface area contributed by atoms with E-state index in [0.29, 0.717) is 16.5 Å². The van der Waals surface area contributed by atoms with Gasteiger partial charge in [0.25, 0.3) is 0 Å². The lowest BCUT2D eigenvalue weighted by Gasteiger charge is -2.41. The minimum absolute atomic E-state index is 0.0863. The minimum Gasteiger partial charge on any atom is -0.390 e. The van der Waals surface area contributed by atoms with Gasteiger partial charge in [-0.25, -0.2) is 4.39 Å². The van der Waals surface area contributed by atoms with Crippen LogP contribution in [0.1, 0.15) is 6.42 Å². The molecule has 0 bridgehead atoms. The van der Waals surface area contributed by atoms with Gasteiger partial charge in [-0.2, -0.15) is 0 Å². The summed E-state index contributed by atoms with van der Waals surface area (Å²) >= 11 is 5.43. The third-order valence-electron chi connectivity index (χ3n) is 5.33. The molecule has 4 N–H and O–H groups in total. The Bertz CT molecular complexity index is 880. The van der Waals surface area contributed by atoms with E-state index in [1.54, 1.807) is 29.2 Å². The number of para-hydroxylation sites is 1. The van der Waals surface area contributed by atoms with Crippen LogP contribution in [-0.4, -0.2) is 45.5 Å². The summed E-state index contributed by atoms with van der Waals surface area (Å²) in [5.41, 5.74) is 1.26. The van der Waals surface area contributed by atoms with Crippen LogP contribution in [0.5, 0.6) is 0 Å². The maximum Gasteiger partial charge on any atom is 0.229 e. The van der Waals surface area contributed by atoms with Crippen molar-refractivity contribution in [2.75, 3.05) is 10.2 Å². The molecule has 5 atom stereocenters. The van der Waals surface area contributed by atoms with Crippen molar-refractivity contribution in [1.29, 1.82) is 0 Å². The van der Waals surface area contributed by atoms with Crippen molar-refractivity contribution in [2.24, 2.45) is 5.92 Å². The zero-order valence-corrected chi connectivity index (χ0v) is 15.6. The fraction of sp³-hybridized carbons (Fsp3) is 0.300. The number of nitrogens with one attached hydrogen (secondary N) is 2. The normalized spacial score (nSPS) is 29.2. The average Bonchev–Trinajstić information content (AvgIpc) is 3.03. The fourth-order valence-corrected chi connectivity index (χ4v) is 4.36. The number of fused-ring (bicyclic) bond motifs is 1. The molecule has 0 unspecified atom stereocenters. The molecule has 2 fully saturated rings. The Kier molecular flexibility index (Phi) is 5.01. The van der Waals surface area contributed by atoms with Crippen molar-refractivity contribution in [2.45, 2.75) is 30.7 Å². The molecule has 28 heavy (non-hydrogen) atoms. The predicted octanol–water partition coefficient (Wildman–Crippen LogP) is 1.64. The number of anilines is 2. The Hall–Kier alpha value is -2.55. The molecule has 1 heterocycles. The lowest BCUT2D eigenvalue weighted by molar-refractivity contribution is -0.126. The Morgan fingerprint density at radius 2 is 1.82 bits per heavy atom. The summed E-state index contributed by atoms with van der Waals surface area (Å²) in [5, 5.41) is 27.0. The second kappa shape index (κ2) is 7.46. The van der Waals surface area contributed by atoms with Crippen LogP contribution in [0.25, 0.3) is 0 Å². The number of rotatable bonds is 3. The molecule has 146 valence electrons. The van der Waals surface area contributed by atoms with Crippen LogP contribution in [0, 0.1) is 11.7 Å². The number of halogens is 1. The number of carbonyl (C=O) groups is 1. The van der Waals surface area contributed by atoms with E-state index in [-0.39, 0.29) is 18.1 Å². The van der Waals surface area contributed by atoms with Crippen LogP contribution < -0.4 is 15.5 Å². The SMILES string of the molecule is O=C(Nc1ccccc1)[C@@H]1C[C@@H](O)[C@H](O)[C@@H]2NC(=S)N(c3ccc(F)cc3)[C@@H]21. The molecule has 2 aromatic rings. The number of amides is 1. The maximum absolute atomic E-state index is 13.4. The number of thiocarbonyl (C=S) groups is 1. The topological polar surface area (TPSA) is 84.8 Å². The van der Waals surface area contributed by atoms with Crippen LogP contribution >= 0.6 is 12.2 Å². The fourth-order valence-electron chi connectivity index (χ4n) is 4.00. The standard InChI is InChI=1S/C20H20FN3O3S/c21-11-6-8-13(9-7-11)24-17-14(19(27)22-12-4-2-1-3-5-12)10-15(25)18(26)16(17)23-20(24)28/h1-9,14-18,25-26H,10H2,(H,22,27)(H,23,28)/t14-,15-,16-,17-,18+/m1/s1. The van der Waals surface area contributed by atoms with Crippen LogP contribution in [-0.2, 0) is 4.79 Å². The van der Waals surface area contributed by atoms with Crippen molar-refractivity contribution in [3.63, 3.8) is 0 Å². The second-order valence-corrected chi connectivity index (χ2v) is 7.45. The largest absolute Gasteiger partial charge is 0.390 e. The molecule has 4 rings (SSSR count). The first-order chi connectivity index (χ1) is 13.5. The zero-order chi connectivity index (χ0) is 19.8. The molecule has 1 aliphatic heterocycles. The van der Waals surface area contributed by atoms with E-state index in [0.717, 1.165) is 0 Å². The van der Waals surface area contributed by atoms with Crippen LogP contribution in [0.2, 0.25) is 0 Å². The lowest BCUT2D eigenvalue weighted by atomic mass is 9.77. The number of hydrogen-bond acceptors (Lipinski definition) is 4. The van der Waals surface area contributed by atoms with Gasteiger partial charge in [0.2, 0.25) is 5.91 Å². The predicted molar refractivity (Wildman–Crippen MR) is 107 cm³/mol. The number of hydrogen-bond donors (Lipinski definition) is 4. The van der Waals surface area contributed by atoms with E-state index >= 15 is 0 Å². The highest BCUT2D eigenvalue weighted by molar-refractivity contribution is 7.80. The number of carbonyl (C=O) groups excluding carboxylic acids is 1. The summed E-state index contributed by atoms with van der Waals surface area (Å²) in [6, 6.07) is 13.7. The van der Waals surface area contributed by atoms with Crippen molar-refractivity contribution >= 4 is 34.6 Å². The van der Waals surface area contributed by atoms with Crippen LogP contribution in [0.15, 0.2) is 54.6 Å². The van der Waals surface area contributed by atoms with Gasteiger partial charge in [0, 0.05) is 11.4 Å². The molecule has 0 radical (unpaired) electrons. The molecule has 1 saturated carbocycles. The number of aliphatic hydroxyl groups excluding tert-OH is 2. The molecule has 2 aromatic carbocycles. The van der Waals surface area contributed by atoms with Crippen molar-refractivity contribution in [1.82, 2.24) is 5.32 Å². The zero-order valence-electron chi connectivity index (χ0n) is 14.8. The number of nitrogens with zero attached hydrogens (tertiary/aromatic N) is 1. The number of benzene rings is 2. The first-order valence-electron chi connectivity index (χ1n) is 9.03. The Morgan fingerprint density at radius 1 is 1.14 bits per heavy atom. The Morgan fingerprint density at radius 3 is 2.50 bits per heavy atom. The van der Waals surface area contributed by atoms with Gasteiger partial charge in [-0.05, 0) is 55.0 Å². The van der Waals surface area contributed by atoms with E-state index < -0.39 is 30.2 Å². The van der Waals surface area contributed by atoms with Crippen molar-refractivity contribution in [3.05, 3.63) is 60.4 Å². The third kappa shape index (κ3) is 3.34. The van der Waals surface area contributed by atoms with E-state index in [1.807, 2.05) is 18.2 Å². The molecular weight excluding hydrogens is 381 g/mol. The van der Waals surface area contributed by atoms with E-state index in [2.05, 4.69) is 10.6 Å². The molecule has 1 saturated heterocycles. The van der Waals surface area contributed by atoms with Crippen LogP contribution in [0.3, 0.4) is 0 Å². The van der Waals surface area contributed by atoms with Crippen LogP contribution in [0.4, 0.5) is 15.8 Å². The van der Waals surface area contributed by atoms with E-state index in [1.165, 1.54) is 12.1 Å². The summed E-state index contributed by atoms with van der Waals surface area (Å²) in [7, 11) is 0. The van der Waals surface area contributed by atoms with E-state index in [9.17, 15) is 19.4 Å². The highest BCUT2D eigenvalue weighted by atomic mass is 32.1. The summed E-state index contributed by atoms with van der Waals surface area (Å²) in [4.78, 5) is 14.8. The van der Waals surface area contributed by atoms with Gasteiger partial charge in [0.1, 0.15) is 11.9 Å². The first kappa shape index (κ1) is 18.8. The molecule has 1 amide bonds. The van der Waals surface area contributed by atoms with Gasteiger partial charge in [-0.15, -0.1) is 0 Å². The molecule has 8 heteroatoms. The molecular formula is C20H20FN3O3S. The average molecular weight is 401 g/mol. The maximum atomic E-state index is 13.4. The monoisotopic (exact) mass is 401 g/mol. The second-order valence-electron chi connectivity index (χ2n) is 7.07. The summed E-state index contributed by atoms with van der Waals surface area (Å²) < 4.78 is 13.4. The van der Waals surface area contributed by atoms with Gasteiger partial charge in [0.05, 0.1) is 24.1 Å². The highest BCUT2D eigenvalue weighted by Gasteiger charge is 2.53.